The Hall–Kier alpha value is -2.35. The van der Waals surface area contributed by atoms with Crippen LogP contribution in [-0.2, 0) is 0 Å². The number of allylic oxidation sites excluding steroid dienone is 2. The highest BCUT2D eigenvalue weighted by molar-refractivity contribution is 6.29. The molecule has 23 heavy (non-hydrogen) atoms. The molecule has 0 saturated heterocycles. The first kappa shape index (κ1) is 15.5. The van der Waals surface area contributed by atoms with Crippen LogP contribution in [0.1, 0.15) is 48.0 Å². The van der Waals surface area contributed by atoms with Crippen LogP contribution in [0.25, 0.3) is 5.57 Å². The number of phenols is 1. The third kappa shape index (κ3) is 3.70. The molecule has 3 rings (SSSR count). The Bertz CT molecular complexity index is 695. The molecule has 0 heterocycles. The van der Waals surface area contributed by atoms with Gasteiger partial charge in [0.15, 0.2) is 5.78 Å². The lowest BCUT2D eigenvalue weighted by atomic mass is 9.85. The molecule has 0 spiro atoms. The van der Waals surface area contributed by atoms with Crippen LogP contribution in [0.4, 0.5) is 0 Å². The van der Waals surface area contributed by atoms with Gasteiger partial charge in [0.2, 0.25) is 0 Å². The molecule has 0 aliphatic heterocycles. The van der Waals surface area contributed by atoms with Crippen molar-refractivity contribution in [3.8, 4) is 5.75 Å². The summed E-state index contributed by atoms with van der Waals surface area (Å²) in [5.74, 6) is 0.400. The molecule has 2 aromatic rings. The number of carbonyl (C=O) groups excluding carboxylic acids is 1. The van der Waals surface area contributed by atoms with Gasteiger partial charge >= 0.3 is 0 Å². The van der Waals surface area contributed by atoms with Gasteiger partial charge < -0.3 is 5.11 Å². The number of para-hydroxylation sites is 1. The van der Waals surface area contributed by atoms with E-state index in [9.17, 15) is 9.90 Å². The number of benzene rings is 2. The first-order valence-electron chi connectivity index (χ1n) is 8.35. The van der Waals surface area contributed by atoms with Crippen LogP contribution in [-0.4, -0.2) is 10.9 Å². The number of ketones is 1. The summed E-state index contributed by atoms with van der Waals surface area (Å²) in [7, 11) is 0. The molecule has 2 nitrogen and oxygen atoms in total. The first-order valence-corrected chi connectivity index (χ1v) is 8.35. The summed E-state index contributed by atoms with van der Waals surface area (Å²) < 4.78 is 0. The van der Waals surface area contributed by atoms with Crippen LogP contribution in [0.3, 0.4) is 0 Å². The molecular formula is C21H22O2. The lowest BCUT2D eigenvalue weighted by molar-refractivity contribution is 0.105. The van der Waals surface area contributed by atoms with Crippen LogP contribution < -0.4 is 0 Å². The number of rotatable bonds is 4. The number of hydrogen-bond donors (Lipinski definition) is 1. The fraction of sp³-hybridized carbons (Fsp3) is 0.286. The molecule has 1 aliphatic rings. The van der Waals surface area contributed by atoms with E-state index < -0.39 is 0 Å². The van der Waals surface area contributed by atoms with Crippen molar-refractivity contribution in [1.82, 2.24) is 0 Å². The molecule has 2 heteroatoms. The number of carbonyl (C=O) groups is 1. The second kappa shape index (κ2) is 7.28. The van der Waals surface area contributed by atoms with E-state index in [0.29, 0.717) is 17.1 Å². The maximum absolute atomic E-state index is 13.0. The van der Waals surface area contributed by atoms with Gasteiger partial charge in [-0.25, -0.2) is 0 Å². The Morgan fingerprint density at radius 3 is 2.26 bits per heavy atom. The summed E-state index contributed by atoms with van der Waals surface area (Å²) in [5, 5.41) is 10.0. The number of Topliss-reactive ketones (excluding diaryl/α,β-unsaturated/α-hetero) is 1. The van der Waals surface area contributed by atoms with Crippen molar-refractivity contribution >= 4 is 11.4 Å². The molecule has 1 saturated carbocycles. The number of aromatic hydroxyl groups is 1. The van der Waals surface area contributed by atoms with Gasteiger partial charge in [0.05, 0.1) is 5.56 Å². The highest BCUT2D eigenvalue weighted by Crippen LogP contribution is 2.31. The first-order chi connectivity index (χ1) is 11.3. The maximum atomic E-state index is 13.0. The van der Waals surface area contributed by atoms with Crippen molar-refractivity contribution in [2.45, 2.75) is 32.1 Å². The second-order valence-electron chi connectivity index (χ2n) is 6.19. The summed E-state index contributed by atoms with van der Waals surface area (Å²) in [6, 6.07) is 16.6. The summed E-state index contributed by atoms with van der Waals surface area (Å²) in [6.07, 6.45) is 8.17. The largest absolute Gasteiger partial charge is 0.507 e. The van der Waals surface area contributed by atoms with Gasteiger partial charge in [-0.05, 0) is 36.5 Å². The van der Waals surface area contributed by atoms with E-state index in [1.165, 1.54) is 19.3 Å². The van der Waals surface area contributed by atoms with Crippen LogP contribution in [0.5, 0.6) is 5.75 Å². The fourth-order valence-electron chi connectivity index (χ4n) is 3.27. The quantitative estimate of drug-likeness (QED) is 0.619. The average molecular weight is 306 g/mol. The Balaban J connectivity index is 2.00. The van der Waals surface area contributed by atoms with Crippen LogP contribution in [0.2, 0.25) is 0 Å². The molecule has 0 radical (unpaired) electrons. The van der Waals surface area contributed by atoms with Crippen molar-refractivity contribution < 1.29 is 9.90 Å². The van der Waals surface area contributed by atoms with E-state index in [0.717, 1.165) is 18.4 Å². The smallest absolute Gasteiger partial charge is 0.197 e. The van der Waals surface area contributed by atoms with Crippen molar-refractivity contribution in [3.05, 3.63) is 71.8 Å². The topological polar surface area (TPSA) is 37.3 Å². The molecule has 1 aliphatic carbocycles. The van der Waals surface area contributed by atoms with E-state index >= 15 is 0 Å². The van der Waals surface area contributed by atoms with E-state index in [1.807, 2.05) is 30.3 Å². The van der Waals surface area contributed by atoms with Gasteiger partial charge in [0, 0.05) is 5.57 Å². The highest BCUT2D eigenvalue weighted by atomic mass is 16.3. The zero-order valence-electron chi connectivity index (χ0n) is 13.2. The second-order valence-corrected chi connectivity index (χ2v) is 6.19. The summed E-state index contributed by atoms with van der Waals surface area (Å²) in [6.45, 7) is 0. The van der Waals surface area contributed by atoms with Crippen LogP contribution in [0, 0.1) is 5.92 Å². The van der Waals surface area contributed by atoms with Crippen molar-refractivity contribution in [2.75, 3.05) is 0 Å². The van der Waals surface area contributed by atoms with E-state index in [-0.39, 0.29) is 11.5 Å². The number of phenolic OH excluding ortho intramolecular Hbond substituents is 1. The molecule has 0 aromatic heterocycles. The van der Waals surface area contributed by atoms with E-state index in [1.54, 1.807) is 24.3 Å². The Morgan fingerprint density at radius 1 is 0.913 bits per heavy atom. The maximum Gasteiger partial charge on any atom is 0.197 e. The summed E-state index contributed by atoms with van der Waals surface area (Å²) in [4.78, 5) is 13.0. The summed E-state index contributed by atoms with van der Waals surface area (Å²) in [5.41, 5.74) is 2.00. The molecule has 0 unspecified atom stereocenters. The zero-order chi connectivity index (χ0) is 16.1. The molecule has 2 aromatic carbocycles. The minimum Gasteiger partial charge on any atom is -0.507 e. The highest BCUT2D eigenvalue weighted by Gasteiger charge is 2.20. The zero-order valence-corrected chi connectivity index (χ0v) is 13.2. The molecule has 0 bridgehead atoms. The number of hydrogen-bond acceptors (Lipinski definition) is 2. The fourth-order valence-corrected chi connectivity index (χ4v) is 3.27. The lowest BCUT2D eigenvalue weighted by Gasteiger charge is -2.20. The molecular weight excluding hydrogens is 284 g/mol. The van der Waals surface area contributed by atoms with Gasteiger partial charge in [-0.15, -0.1) is 0 Å². The minimum atomic E-state index is -0.0973. The van der Waals surface area contributed by atoms with Crippen molar-refractivity contribution in [3.63, 3.8) is 0 Å². The summed E-state index contributed by atoms with van der Waals surface area (Å²) >= 11 is 0. The molecule has 1 N–H and O–H groups in total. The average Bonchev–Trinajstić information content (AvgIpc) is 2.61. The van der Waals surface area contributed by atoms with Gasteiger partial charge in [0.1, 0.15) is 5.75 Å². The van der Waals surface area contributed by atoms with E-state index in [4.69, 9.17) is 0 Å². The third-order valence-electron chi connectivity index (χ3n) is 4.53. The molecule has 0 amide bonds. The van der Waals surface area contributed by atoms with Crippen molar-refractivity contribution in [2.24, 2.45) is 5.92 Å². The van der Waals surface area contributed by atoms with Gasteiger partial charge in [-0.2, -0.15) is 0 Å². The minimum absolute atomic E-state index is 0.0444. The molecule has 0 atom stereocenters. The molecule has 1 fully saturated rings. The Morgan fingerprint density at radius 2 is 1.57 bits per heavy atom. The Kier molecular flexibility index (Phi) is 4.92. The van der Waals surface area contributed by atoms with Crippen LogP contribution in [0.15, 0.2) is 60.7 Å². The predicted molar refractivity (Wildman–Crippen MR) is 93.4 cm³/mol. The van der Waals surface area contributed by atoms with Crippen LogP contribution >= 0.6 is 0 Å². The normalized spacial score (nSPS) is 16.3. The van der Waals surface area contributed by atoms with E-state index in [2.05, 4.69) is 6.08 Å². The van der Waals surface area contributed by atoms with Gasteiger partial charge in [-0.3, -0.25) is 4.79 Å². The van der Waals surface area contributed by atoms with Gasteiger partial charge in [-0.1, -0.05) is 67.8 Å². The third-order valence-corrected chi connectivity index (χ3v) is 4.53. The van der Waals surface area contributed by atoms with Crippen molar-refractivity contribution in [1.29, 1.82) is 0 Å². The monoisotopic (exact) mass is 306 g/mol. The predicted octanol–water partition coefficient (Wildman–Crippen LogP) is 5.24. The lowest BCUT2D eigenvalue weighted by Crippen LogP contribution is -2.09. The van der Waals surface area contributed by atoms with Gasteiger partial charge in [0.25, 0.3) is 0 Å². The standard InChI is InChI=1S/C21H22O2/c22-20-14-8-7-13-18(20)21(23)19(17-11-5-2-6-12-17)15-16-9-3-1-4-10-16/h2,5-8,11-16,22H,1,3-4,9-10H2/b19-15+. The SMILES string of the molecule is O=C(/C(=C/C1CCCCC1)c1ccccc1)c1ccccc1O. The molecule has 118 valence electrons. The Labute approximate surface area is 137 Å².